The number of nitrogens with zero attached hydrogens (tertiary/aromatic N) is 2. The third kappa shape index (κ3) is 4.65. The zero-order chi connectivity index (χ0) is 20.4. The summed E-state index contributed by atoms with van der Waals surface area (Å²) in [5.74, 6) is 0.466. The van der Waals surface area contributed by atoms with E-state index >= 15 is 0 Å². The Morgan fingerprint density at radius 2 is 2.03 bits per heavy atom. The number of benzene rings is 1. The predicted molar refractivity (Wildman–Crippen MR) is 117 cm³/mol. The molecule has 1 unspecified atom stereocenters. The summed E-state index contributed by atoms with van der Waals surface area (Å²) in [5.41, 5.74) is 1.88. The number of nitrogens with one attached hydrogen (secondary N) is 1. The van der Waals surface area contributed by atoms with Gasteiger partial charge in [0.1, 0.15) is 5.82 Å². The monoisotopic (exact) mass is 427 g/mol. The molecule has 8 heteroatoms. The van der Waals surface area contributed by atoms with Crippen molar-refractivity contribution in [1.82, 2.24) is 9.78 Å². The first-order chi connectivity index (χ1) is 13.9. The molecular formula is C21H21N3O3S2. The van der Waals surface area contributed by atoms with Crippen molar-refractivity contribution in [2.24, 2.45) is 0 Å². The van der Waals surface area contributed by atoms with Gasteiger partial charge in [-0.3, -0.25) is 4.79 Å². The van der Waals surface area contributed by atoms with Gasteiger partial charge in [0.25, 0.3) is 0 Å². The number of hydrogen-bond acceptors (Lipinski definition) is 5. The van der Waals surface area contributed by atoms with Gasteiger partial charge < -0.3 is 5.32 Å². The predicted octanol–water partition coefficient (Wildman–Crippen LogP) is 3.93. The van der Waals surface area contributed by atoms with Gasteiger partial charge >= 0.3 is 0 Å². The lowest BCUT2D eigenvalue weighted by Crippen LogP contribution is -2.18. The number of thiophene rings is 1. The van der Waals surface area contributed by atoms with E-state index in [0.717, 1.165) is 21.0 Å². The number of aromatic nitrogens is 2. The number of carbonyl (C=O) groups is 1. The largest absolute Gasteiger partial charge is 0.307 e. The highest BCUT2D eigenvalue weighted by molar-refractivity contribution is 7.91. The molecule has 4 rings (SSSR count). The van der Waals surface area contributed by atoms with Crippen LogP contribution in [0.15, 0.2) is 54.6 Å². The van der Waals surface area contributed by atoms with E-state index in [-0.39, 0.29) is 23.5 Å². The van der Waals surface area contributed by atoms with Crippen LogP contribution in [-0.2, 0) is 14.6 Å². The number of amides is 1. The summed E-state index contributed by atoms with van der Waals surface area (Å²) in [4.78, 5) is 14.5. The molecule has 1 fully saturated rings. The summed E-state index contributed by atoms with van der Waals surface area (Å²) in [7, 11) is -3.03. The molecule has 1 aromatic carbocycles. The minimum absolute atomic E-state index is 0.0598. The molecule has 3 aromatic rings. The topological polar surface area (TPSA) is 81.1 Å². The van der Waals surface area contributed by atoms with E-state index < -0.39 is 9.84 Å². The molecule has 1 aliphatic heterocycles. The molecule has 29 heavy (non-hydrogen) atoms. The van der Waals surface area contributed by atoms with Gasteiger partial charge in [0, 0.05) is 21.9 Å². The number of sulfone groups is 1. The molecule has 1 saturated heterocycles. The summed E-state index contributed by atoms with van der Waals surface area (Å²) in [6.45, 7) is 1.82. The lowest BCUT2D eigenvalue weighted by Gasteiger charge is -2.13. The molecule has 0 spiro atoms. The first kappa shape index (κ1) is 19.6. The van der Waals surface area contributed by atoms with Crippen LogP contribution in [0.5, 0.6) is 0 Å². The van der Waals surface area contributed by atoms with E-state index in [4.69, 9.17) is 0 Å². The number of carbonyl (C=O) groups excluding carboxylic acids is 1. The minimum atomic E-state index is -3.03. The zero-order valence-electron chi connectivity index (χ0n) is 15.9. The van der Waals surface area contributed by atoms with Gasteiger partial charge in [-0.2, -0.15) is 5.10 Å². The SMILES string of the molecule is Cc1cc(NC(=O)/C=C/c2ccc(-c3ccccc3)s2)n(C2CCS(=O)(=O)C2)n1. The molecule has 3 heterocycles. The van der Waals surface area contributed by atoms with E-state index in [1.54, 1.807) is 28.2 Å². The van der Waals surface area contributed by atoms with Crippen molar-refractivity contribution >= 4 is 39.0 Å². The zero-order valence-corrected chi connectivity index (χ0v) is 17.5. The normalized spacial score (nSPS) is 18.3. The summed E-state index contributed by atoms with van der Waals surface area (Å²) in [6, 6.07) is 15.6. The standard InChI is InChI=1S/C21H21N3O3S2/c1-15-13-20(24(23-15)17-11-12-29(26,27)14-17)22-21(25)10-8-18-7-9-19(28-18)16-5-3-2-4-6-16/h2-10,13,17H,11-12,14H2,1H3,(H,22,25)/b10-8+. The number of anilines is 1. The van der Waals surface area contributed by atoms with E-state index in [9.17, 15) is 13.2 Å². The first-order valence-corrected chi connectivity index (χ1v) is 11.9. The lowest BCUT2D eigenvalue weighted by molar-refractivity contribution is -0.111. The fraction of sp³-hybridized carbons (Fsp3) is 0.238. The summed E-state index contributed by atoms with van der Waals surface area (Å²) < 4.78 is 25.2. The Hall–Kier alpha value is -2.71. The van der Waals surface area contributed by atoms with Crippen LogP contribution in [-0.4, -0.2) is 35.6 Å². The summed E-state index contributed by atoms with van der Waals surface area (Å²) in [6.07, 6.45) is 3.78. The maximum Gasteiger partial charge on any atom is 0.249 e. The van der Waals surface area contributed by atoms with Crippen LogP contribution >= 0.6 is 11.3 Å². The van der Waals surface area contributed by atoms with E-state index in [2.05, 4.69) is 22.5 Å². The van der Waals surface area contributed by atoms with Crippen molar-refractivity contribution in [3.05, 3.63) is 65.2 Å². The second kappa shape index (κ2) is 7.96. The van der Waals surface area contributed by atoms with Gasteiger partial charge in [-0.25, -0.2) is 13.1 Å². The Balaban J connectivity index is 1.45. The Kier molecular flexibility index (Phi) is 5.38. The molecule has 6 nitrogen and oxygen atoms in total. The molecule has 2 aromatic heterocycles. The number of aryl methyl sites for hydroxylation is 1. The smallest absolute Gasteiger partial charge is 0.249 e. The van der Waals surface area contributed by atoms with Crippen molar-refractivity contribution in [2.45, 2.75) is 19.4 Å². The highest BCUT2D eigenvalue weighted by atomic mass is 32.2. The summed E-state index contributed by atoms with van der Waals surface area (Å²) >= 11 is 1.61. The lowest BCUT2D eigenvalue weighted by atomic mass is 10.2. The van der Waals surface area contributed by atoms with Gasteiger partial charge in [0.2, 0.25) is 5.91 Å². The Morgan fingerprint density at radius 3 is 2.76 bits per heavy atom. The molecule has 1 amide bonds. The van der Waals surface area contributed by atoms with E-state index in [1.165, 1.54) is 6.08 Å². The van der Waals surface area contributed by atoms with Crippen molar-refractivity contribution < 1.29 is 13.2 Å². The number of rotatable bonds is 5. The second-order valence-electron chi connectivity index (χ2n) is 7.06. The molecule has 0 radical (unpaired) electrons. The van der Waals surface area contributed by atoms with Gasteiger partial charge in [-0.15, -0.1) is 11.3 Å². The number of hydrogen-bond donors (Lipinski definition) is 1. The second-order valence-corrected chi connectivity index (χ2v) is 10.4. The van der Waals surface area contributed by atoms with Crippen molar-refractivity contribution in [2.75, 3.05) is 16.8 Å². The van der Waals surface area contributed by atoms with Crippen molar-refractivity contribution in [3.8, 4) is 10.4 Å². The molecule has 1 atom stereocenters. The maximum atomic E-state index is 12.4. The Morgan fingerprint density at radius 1 is 1.24 bits per heavy atom. The highest BCUT2D eigenvalue weighted by Gasteiger charge is 2.31. The minimum Gasteiger partial charge on any atom is -0.307 e. The fourth-order valence-electron chi connectivity index (χ4n) is 3.38. The third-order valence-electron chi connectivity index (χ3n) is 4.75. The van der Waals surface area contributed by atoms with Crippen LogP contribution in [0.2, 0.25) is 0 Å². The highest BCUT2D eigenvalue weighted by Crippen LogP contribution is 2.29. The summed E-state index contributed by atoms with van der Waals surface area (Å²) in [5, 5.41) is 7.21. The van der Waals surface area contributed by atoms with Crippen LogP contribution in [0.25, 0.3) is 16.5 Å². The third-order valence-corrected chi connectivity index (χ3v) is 7.60. The molecule has 150 valence electrons. The molecule has 1 aliphatic rings. The average Bonchev–Trinajstić information content (AvgIpc) is 3.39. The van der Waals surface area contributed by atoms with Crippen LogP contribution < -0.4 is 5.32 Å². The van der Waals surface area contributed by atoms with E-state index in [0.29, 0.717) is 12.2 Å². The van der Waals surface area contributed by atoms with Crippen molar-refractivity contribution in [3.63, 3.8) is 0 Å². The van der Waals surface area contributed by atoms with Crippen LogP contribution in [0, 0.1) is 6.92 Å². The average molecular weight is 428 g/mol. The van der Waals surface area contributed by atoms with Gasteiger partial charge in [-0.1, -0.05) is 30.3 Å². The molecule has 0 aliphatic carbocycles. The van der Waals surface area contributed by atoms with Crippen LogP contribution in [0.4, 0.5) is 5.82 Å². The molecule has 0 saturated carbocycles. The fourth-order valence-corrected chi connectivity index (χ4v) is 5.99. The van der Waals surface area contributed by atoms with Gasteiger partial charge in [0.05, 0.1) is 23.2 Å². The van der Waals surface area contributed by atoms with Crippen molar-refractivity contribution in [1.29, 1.82) is 0 Å². The van der Waals surface area contributed by atoms with Crippen LogP contribution in [0.3, 0.4) is 0 Å². The van der Waals surface area contributed by atoms with Crippen LogP contribution in [0.1, 0.15) is 23.0 Å². The Bertz CT molecular complexity index is 1160. The van der Waals surface area contributed by atoms with Gasteiger partial charge in [0.15, 0.2) is 9.84 Å². The maximum absolute atomic E-state index is 12.4. The molecule has 0 bridgehead atoms. The molecular weight excluding hydrogens is 406 g/mol. The van der Waals surface area contributed by atoms with Gasteiger partial charge in [-0.05, 0) is 37.1 Å². The first-order valence-electron chi connectivity index (χ1n) is 9.30. The molecule has 1 N–H and O–H groups in total. The Labute approximate surface area is 173 Å². The quantitative estimate of drug-likeness (QED) is 0.626. The van der Waals surface area contributed by atoms with E-state index in [1.807, 2.05) is 37.3 Å².